The van der Waals surface area contributed by atoms with Crippen LogP contribution in [0.1, 0.15) is 46.5 Å². The molecule has 2 fully saturated rings. The van der Waals surface area contributed by atoms with Crippen LogP contribution in [-0.4, -0.2) is 47.6 Å². The molecule has 2 aliphatic heterocycles. The third-order valence-corrected chi connectivity index (χ3v) is 4.56. The zero-order valence-corrected chi connectivity index (χ0v) is 12.1. The van der Waals surface area contributed by atoms with Gasteiger partial charge < -0.3 is 15.0 Å². The Morgan fingerprint density at radius 1 is 1.42 bits per heavy atom. The van der Waals surface area contributed by atoms with Crippen molar-refractivity contribution in [2.24, 2.45) is 0 Å². The zero-order valence-electron chi connectivity index (χ0n) is 12.1. The first-order chi connectivity index (χ1) is 9.04. The quantitative estimate of drug-likeness (QED) is 0.829. The Morgan fingerprint density at radius 2 is 2.11 bits per heavy atom. The Morgan fingerprint density at radius 3 is 2.63 bits per heavy atom. The van der Waals surface area contributed by atoms with Gasteiger partial charge in [0.15, 0.2) is 0 Å². The van der Waals surface area contributed by atoms with Crippen LogP contribution in [0.3, 0.4) is 0 Å². The van der Waals surface area contributed by atoms with Crippen molar-refractivity contribution in [2.75, 3.05) is 13.2 Å². The molecule has 19 heavy (non-hydrogen) atoms. The standard InChI is InChI=1S/C14H24N2O3/c1-4-14(5-2)13(18)16(9-12(17)15-14)10(3)11-7-6-8-19-11/h10-11H,4-9H2,1-3H3,(H,15,17). The summed E-state index contributed by atoms with van der Waals surface area (Å²) in [4.78, 5) is 26.3. The number of carbonyl (C=O) groups excluding carboxylic acids is 2. The summed E-state index contributed by atoms with van der Waals surface area (Å²) >= 11 is 0. The Hall–Kier alpha value is -1.10. The van der Waals surface area contributed by atoms with E-state index >= 15 is 0 Å². The van der Waals surface area contributed by atoms with Crippen LogP contribution >= 0.6 is 0 Å². The first-order valence-corrected chi connectivity index (χ1v) is 7.27. The maximum atomic E-state index is 12.7. The number of nitrogens with zero attached hydrogens (tertiary/aromatic N) is 1. The van der Waals surface area contributed by atoms with Gasteiger partial charge >= 0.3 is 0 Å². The van der Waals surface area contributed by atoms with Gasteiger partial charge in [-0.05, 0) is 32.6 Å². The van der Waals surface area contributed by atoms with E-state index in [1.54, 1.807) is 4.90 Å². The fourth-order valence-electron chi connectivity index (χ4n) is 3.10. The second kappa shape index (κ2) is 5.49. The molecule has 5 nitrogen and oxygen atoms in total. The zero-order chi connectivity index (χ0) is 14.0. The van der Waals surface area contributed by atoms with E-state index in [4.69, 9.17) is 4.74 Å². The summed E-state index contributed by atoms with van der Waals surface area (Å²) in [5, 5.41) is 2.88. The number of carbonyl (C=O) groups is 2. The van der Waals surface area contributed by atoms with Crippen LogP contribution < -0.4 is 5.32 Å². The van der Waals surface area contributed by atoms with E-state index in [2.05, 4.69) is 5.32 Å². The molecule has 2 rings (SSSR count). The van der Waals surface area contributed by atoms with Gasteiger partial charge in [-0.15, -0.1) is 0 Å². The van der Waals surface area contributed by atoms with E-state index in [9.17, 15) is 9.59 Å². The fourth-order valence-corrected chi connectivity index (χ4v) is 3.10. The van der Waals surface area contributed by atoms with Gasteiger partial charge in [0.25, 0.3) is 0 Å². The van der Waals surface area contributed by atoms with Crippen molar-refractivity contribution in [3.05, 3.63) is 0 Å². The molecular weight excluding hydrogens is 244 g/mol. The number of nitrogens with one attached hydrogen (secondary N) is 1. The molecular formula is C14H24N2O3. The van der Waals surface area contributed by atoms with Crippen LogP contribution in [0.5, 0.6) is 0 Å². The van der Waals surface area contributed by atoms with E-state index in [0.717, 1.165) is 19.4 Å². The number of ether oxygens (including phenoxy) is 1. The Kier molecular flexibility index (Phi) is 4.13. The number of amides is 2. The van der Waals surface area contributed by atoms with Crippen LogP contribution in [0, 0.1) is 0 Å². The summed E-state index contributed by atoms with van der Waals surface area (Å²) in [5.74, 6) is -0.0201. The van der Waals surface area contributed by atoms with Crippen LogP contribution in [0.25, 0.3) is 0 Å². The van der Waals surface area contributed by atoms with E-state index in [1.165, 1.54) is 0 Å². The van der Waals surface area contributed by atoms with E-state index < -0.39 is 5.54 Å². The predicted molar refractivity (Wildman–Crippen MR) is 71.6 cm³/mol. The summed E-state index contributed by atoms with van der Waals surface area (Å²) in [5.41, 5.74) is -0.720. The minimum absolute atomic E-state index is 0.0291. The SMILES string of the molecule is CCC1(CC)NC(=O)CN(C(C)C2CCCO2)C1=O. The molecule has 0 aromatic heterocycles. The van der Waals surface area contributed by atoms with Crippen molar-refractivity contribution >= 4 is 11.8 Å². The van der Waals surface area contributed by atoms with E-state index in [1.807, 2.05) is 20.8 Å². The molecule has 1 N–H and O–H groups in total. The fraction of sp³-hybridized carbons (Fsp3) is 0.857. The average molecular weight is 268 g/mol. The number of rotatable bonds is 4. The van der Waals surface area contributed by atoms with Gasteiger partial charge in [-0.1, -0.05) is 13.8 Å². The maximum absolute atomic E-state index is 12.7. The van der Waals surface area contributed by atoms with E-state index in [-0.39, 0.29) is 30.5 Å². The van der Waals surface area contributed by atoms with Crippen molar-refractivity contribution < 1.29 is 14.3 Å². The average Bonchev–Trinajstić information content (AvgIpc) is 2.94. The summed E-state index contributed by atoms with van der Waals surface area (Å²) in [6.07, 6.45) is 3.33. The van der Waals surface area contributed by atoms with Gasteiger partial charge in [0.05, 0.1) is 12.1 Å². The molecule has 2 atom stereocenters. The van der Waals surface area contributed by atoms with Gasteiger partial charge in [0.1, 0.15) is 12.1 Å². The summed E-state index contributed by atoms with van der Waals surface area (Å²) in [7, 11) is 0. The Balaban J connectivity index is 2.19. The highest BCUT2D eigenvalue weighted by atomic mass is 16.5. The highest BCUT2D eigenvalue weighted by Crippen LogP contribution is 2.27. The highest BCUT2D eigenvalue weighted by molar-refractivity contribution is 5.98. The van der Waals surface area contributed by atoms with Crippen molar-refractivity contribution in [1.29, 1.82) is 0 Å². The Bertz CT molecular complexity index is 360. The molecule has 2 amide bonds. The minimum atomic E-state index is -0.720. The molecule has 0 aromatic rings. The van der Waals surface area contributed by atoms with E-state index in [0.29, 0.717) is 12.8 Å². The number of hydrogen-bond acceptors (Lipinski definition) is 3. The molecule has 0 aliphatic carbocycles. The summed E-state index contributed by atoms with van der Waals surface area (Å²) in [6.45, 7) is 6.80. The van der Waals surface area contributed by atoms with Gasteiger partial charge in [0.2, 0.25) is 11.8 Å². The van der Waals surface area contributed by atoms with Gasteiger partial charge in [0, 0.05) is 6.61 Å². The second-order valence-electron chi connectivity index (χ2n) is 5.56. The molecule has 5 heteroatoms. The third kappa shape index (κ3) is 2.48. The van der Waals surface area contributed by atoms with Crippen molar-refractivity contribution in [2.45, 2.75) is 64.1 Å². The topological polar surface area (TPSA) is 58.6 Å². The summed E-state index contributed by atoms with van der Waals surface area (Å²) in [6, 6.07) is -0.0291. The van der Waals surface area contributed by atoms with Crippen molar-refractivity contribution in [3.63, 3.8) is 0 Å². The van der Waals surface area contributed by atoms with Crippen LogP contribution in [0.4, 0.5) is 0 Å². The molecule has 0 aromatic carbocycles. The lowest BCUT2D eigenvalue weighted by molar-refractivity contribution is -0.155. The third-order valence-electron chi connectivity index (χ3n) is 4.56. The smallest absolute Gasteiger partial charge is 0.249 e. The maximum Gasteiger partial charge on any atom is 0.249 e. The largest absolute Gasteiger partial charge is 0.376 e. The Labute approximate surface area is 114 Å². The molecule has 2 saturated heterocycles. The highest BCUT2D eigenvalue weighted by Gasteiger charge is 2.46. The lowest BCUT2D eigenvalue weighted by Crippen LogP contribution is -2.68. The van der Waals surface area contributed by atoms with Crippen LogP contribution in [0.15, 0.2) is 0 Å². The van der Waals surface area contributed by atoms with Crippen LogP contribution in [-0.2, 0) is 14.3 Å². The van der Waals surface area contributed by atoms with Gasteiger partial charge in [-0.25, -0.2) is 0 Å². The van der Waals surface area contributed by atoms with Gasteiger partial charge in [-0.3, -0.25) is 9.59 Å². The van der Waals surface area contributed by atoms with Crippen LogP contribution in [0.2, 0.25) is 0 Å². The first-order valence-electron chi connectivity index (χ1n) is 7.27. The molecule has 2 unspecified atom stereocenters. The molecule has 0 saturated carbocycles. The number of piperazine rings is 1. The van der Waals surface area contributed by atoms with Gasteiger partial charge in [-0.2, -0.15) is 0 Å². The molecule has 108 valence electrons. The molecule has 0 bridgehead atoms. The molecule has 0 spiro atoms. The lowest BCUT2D eigenvalue weighted by atomic mass is 9.88. The monoisotopic (exact) mass is 268 g/mol. The van der Waals surface area contributed by atoms with Crippen molar-refractivity contribution in [3.8, 4) is 0 Å². The minimum Gasteiger partial charge on any atom is -0.376 e. The van der Waals surface area contributed by atoms with Crippen molar-refractivity contribution in [1.82, 2.24) is 10.2 Å². The molecule has 2 aliphatic rings. The first kappa shape index (κ1) is 14.3. The molecule has 0 radical (unpaired) electrons. The summed E-state index contributed by atoms with van der Waals surface area (Å²) < 4.78 is 5.66. The predicted octanol–water partition coefficient (Wildman–Crippen LogP) is 1.07. The normalized spacial score (nSPS) is 28.4. The number of hydrogen-bond donors (Lipinski definition) is 1. The molecule has 2 heterocycles. The second-order valence-corrected chi connectivity index (χ2v) is 5.56. The lowest BCUT2D eigenvalue weighted by Gasteiger charge is -2.44.